The Morgan fingerprint density at radius 1 is 1.10 bits per heavy atom. The summed E-state index contributed by atoms with van der Waals surface area (Å²) in [5.74, 6) is 0.986. The zero-order valence-corrected chi connectivity index (χ0v) is 13.4. The summed E-state index contributed by atoms with van der Waals surface area (Å²) in [5.41, 5.74) is 0. The Morgan fingerprint density at radius 3 is 2.35 bits per heavy atom. The van der Waals surface area contributed by atoms with Gasteiger partial charge < -0.3 is 10.2 Å². The molecule has 2 amide bonds. The molecule has 4 heteroatoms. The lowest BCUT2D eigenvalue weighted by molar-refractivity contribution is -0.145. The molecular weight excluding hydrogens is 252 g/mol. The lowest BCUT2D eigenvalue weighted by Gasteiger charge is -2.34. The van der Waals surface area contributed by atoms with Crippen molar-refractivity contribution in [3.05, 3.63) is 0 Å². The van der Waals surface area contributed by atoms with Gasteiger partial charge in [-0.25, -0.2) is 0 Å². The number of unbranched alkanes of at least 4 members (excludes halogenated alkanes) is 3. The molecule has 1 atom stereocenters. The van der Waals surface area contributed by atoms with Gasteiger partial charge >= 0.3 is 0 Å². The smallest absolute Gasteiger partial charge is 0.245 e. The van der Waals surface area contributed by atoms with Crippen LogP contribution >= 0.6 is 0 Å². The first-order chi connectivity index (χ1) is 9.41. The number of hydrogen-bond acceptors (Lipinski definition) is 2. The van der Waals surface area contributed by atoms with Crippen molar-refractivity contribution < 1.29 is 9.59 Å². The third-order valence-corrected chi connectivity index (χ3v) is 3.85. The van der Waals surface area contributed by atoms with Gasteiger partial charge in [0.2, 0.25) is 11.8 Å². The lowest BCUT2D eigenvalue weighted by Crippen LogP contribution is -2.59. The standard InChI is InChI=1S/C16H30N2O2/c1-12(2)9-7-5-6-8-10-18-11-14(19)17-15(13(3)4)16(18)20/h12-13,15H,5-11H2,1-4H3,(H,17,19). The minimum absolute atomic E-state index is 0.0249. The summed E-state index contributed by atoms with van der Waals surface area (Å²) in [6, 6.07) is -0.336. The Hall–Kier alpha value is -1.06. The quantitative estimate of drug-likeness (QED) is 0.696. The Morgan fingerprint density at radius 2 is 1.75 bits per heavy atom. The highest BCUT2D eigenvalue weighted by Gasteiger charge is 2.33. The Balaban J connectivity index is 2.28. The average Bonchev–Trinajstić information content (AvgIpc) is 2.36. The van der Waals surface area contributed by atoms with E-state index in [4.69, 9.17) is 0 Å². The fourth-order valence-corrected chi connectivity index (χ4v) is 2.58. The van der Waals surface area contributed by atoms with Crippen LogP contribution in [0.25, 0.3) is 0 Å². The van der Waals surface area contributed by atoms with E-state index in [9.17, 15) is 9.59 Å². The third kappa shape index (κ3) is 5.51. The summed E-state index contributed by atoms with van der Waals surface area (Å²) < 4.78 is 0. The number of nitrogens with zero attached hydrogens (tertiary/aromatic N) is 1. The normalized spacial score (nSPS) is 19.9. The molecule has 0 saturated carbocycles. The van der Waals surface area contributed by atoms with Crippen molar-refractivity contribution in [3.63, 3.8) is 0 Å². The first-order valence-electron chi connectivity index (χ1n) is 8.00. The number of carbonyl (C=O) groups excluding carboxylic acids is 2. The number of nitrogens with one attached hydrogen (secondary N) is 1. The van der Waals surface area contributed by atoms with Crippen LogP contribution in [-0.4, -0.2) is 35.8 Å². The molecule has 1 aliphatic heterocycles. The van der Waals surface area contributed by atoms with Gasteiger partial charge in [-0.1, -0.05) is 53.4 Å². The number of piperazine rings is 1. The molecule has 20 heavy (non-hydrogen) atoms. The topological polar surface area (TPSA) is 49.4 Å². The van der Waals surface area contributed by atoms with E-state index in [1.165, 1.54) is 19.3 Å². The molecule has 116 valence electrons. The summed E-state index contributed by atoms with van der Waals surface area (Å²) in [4.78, 5) is 25.6. The van der Waals surface area contributed by atoms with Gasteiger partial charge in [0.25, 0.3) is 0 Å². The predicted molar refractivity (Wildman–Crippen MR) is 81.3 cm³/mol. The van der Waals surface area contributed by atoms with Gasteiger partial charge in [0, 0.05) is 6.54 Å². The highest BCUT2D eigenvalue weighted by molar-refractivity contribution is 5.94. The van der Waals surface area contributed by atoms with Crippen molar-refractivity contribution in [2.24, 2.45) is 11.8 Å². The summed E-state index contributed by atoms with van der Waals surface area (Å²) in [6.07, 6.45) is 5.91. The molecule has 1 saturated heterocycles. The molecule has 1 heterocycles. The van der Waals surface area contributed by atoms with Crippen LogP contribution in [0, 0.1) is 11.8 Å². The van der Waals surface area contributed by atoms with Gasteiger partial charge in [0.15, 0.2) is 0 Å². The van der Waals surface area contributed by atoms with Crippen LogP contribution < -0.4 is 5.32 Å². The Kier molecular flexibility index (Phi) is 7.03. The molecule has 1 fully saturated rings. The molecule has 0 aromatic rings. The maximum Gasteiger partial charge on any atom is 0.245 e. The second kappa shape index (κ2) is 8.28. The van der Waals surface area contributed by atoms with E-state index in [0.717, 1.165) is 25.3 Å². The number of amides is 2. The van der Waals surface area contributed by atoms with Crippen LogP contribution in [0.1, 0.15) is 59.8 Å². The average molecular weight is 282 g/mol. The van der Waals surface area contributed by atoms with Crippen LogP contribution in [0.3, 0.4) is 0 Å². The van der Waals surface area contributed by atoms with Crippen LogP contribution in [0.5, 0.6) is 0 Å². The maximum absolute atomic E-state index is 12.2. The summed E-state index contributed by atoms with van der Waals surface area (Å²) >= 11 is 0. The Labute approximate surface area is 123 Å². The molecule has 1 N–H and O–H groups in total. The molecule has 1 rings (SSSR count). The first kappa shape index (κ1) is 17.0. The van der Waals surface area contributed by atoms with Gasteiger partial charge in [-0.15, -0.1) is 0 Å². The molecule has 0 aromatic carbocycles. The van der Waals surface area contributed by atoms with Gasteiger partial charge in [-0.05, 0) is 18.3 Å². The summed E-state index contributed by atoms with van der Waals surface area (Å²) in [6.45, 7) is 9.38. The largest absolute Gasteiger partial charge is 0.343 e. The molecule has 4 nitrogen and oxygen atoms in total. The van der Waals surface area contributed by atoms with Crippen molar-refractivity contribution >= 4 is 11.8 Å². The summed E-state index contributed by atoms with van der Waals surface area (Å²) in [7, 11) is 0. The van der Waals surface area contributed by atoms with E-state index < -0.39 is 0 Å². The minimum Gasteiger partial charge on any atom is -0.343 e. The monoisotopic (exact) mass is 282 g/mol. The molecule has 1 unspecified atom stereocenters. The molecule has 1 aliphatic rings. The first-order valence-corrected chi connectivity index (χ1v) is 8.00. The maximum atomic E-state index is 12.2. The van der Waals surface area contributed by atoms with E-state index in [-0.39, 0.29) is 30.3 Å². The van der Waals surface area contributed by atoms with Crippen LogP contribution in [-0.2, 0) is 9.59 Å². The second-order valence-electron chi connectivity index (χ2n) is 6.65. The van der Waals surface area contributed by atoms with Crippen LogP contribution in [0.2, 0.25) is 0 Å². The second-order valence-corrected chi connectivity index (χ2v) is 6.65. The SMILES string of the molecule is CC(C)CCCCCCN1CC(=O)NC(C(C)C)C1=O. The van der Waals surface area contributed by atoms with E-state index in [1.54, 1.807) is 4.90 Å². The number of rotatable bonds is 8. The molecule has 0 spiro atoms. The van der Waals surface area contributed by atoms with E-state index in [0.29, 0.717) is 0 Å². The van der Waals surface area contributed by atoms with Gasteiger partial charge in [0.05, 0.1) is 6.54 Å². The van der Waals surface area contributed by atoms with Crippen LogP contribution in [0.4, 0.5) is 0 Å². The van der Waals surface area contributed by atoms with E-state index in [2.05, 4.69) is 19.2 Å². The zero-order chi connectivity index (χ0) is 15.1. The van der Waals surface area contributed by atoms with Crippen molar-refractivity contribution in [1.82, 2.24) is 10.2 Å². The fourth-order valence-electron chi connectivity index (χ4n) is 2.58. The van der Waals surface area contributed by atoms with Crippen molar-refractivity contribution in [1.29, 1.82) is 0 Å². The van der Waals surface area contributed by atoms with Crippen molar-refractivity contribution in [3.8, 4) is 0 Å². The Bertz CT molecular complexity index is 326. The molecular formula is C16H30N2O2. The van der Waals surface area contributed by atoms with Gasteiger partial charge in [-0.3, -0.25) is 9.59 Å². The zero-order valence-electron chi connectivity index (χ0n) is 13.4. The number of carbonyl (C=O) groups is 2. The lowest BCUT2D eigenvalue weighted by atomic mass is 10.0. The molecule has 0 bridgehead atoms. The van der Waals surface area contributed by atoms with Crippen molar-refractivity contribution in [2.75, 3.05) is 13.1 Å². The predicted octanol–water partition coefficient (Wildman–Crippen LogP) is 2.58. The third-order valence-electron chi connectivity index (χ3n) is 3.85. The highest BCUT2D eigenvalue weighted by Crippen LogP contribution is 2.13. The molecule has 0 radical (unpaired) electrons. The number of hydrogen-bond donors (Lipinski definition) is 1. The van der Waals surface area contributed by atoms with Crippen LogP contribution in [0.15, 0.2) is 0 Å². The van der Waals surface area contributed by atoms with E-state index >= 15 is 0 Å². The molecule has 0 aromatic heterocycles. The van der Waals surface area contributed by atoms with Crippen molar-refractivity contribution in [2.45, 2.75) is 65.8 Å². The van der Waals surface area contributed by atoms with E-state index in [1.807, 2.05) is 13.8 Å². The molecule has 0 aliphatic carbocycles. The fraction of sp³-hybridized carbons (Fsp3) is 0.875. The highest BCUT2D eigenvalue weighted by atomic mass is 16.2. The van der Waals surface area contributed by atoms with Gasteiger partial charge in [-0.2, -0.15) is 0 Å². The van der Waals surface area contributed by atoms with Gasteiger partial charge in [0.1, 0.15) is 6.04 Å². The summed E-state index contributed by atoms with van der Waals surface area (Å²) in [5, 5.41) is 2.79. The minimum atomic E-state index is -0.336.